The second-order valence-electron chi connectivity index (χ2n) is 9.77. The van der Waals surface area contributed by atoms with E-state index in [2.05, 4.69) is 60.5 Å². The Labute approximate surface area is 209 Å². The van der Waals surface area contributed by atoms with Crippen molar-refractivity contribution in [1.82, 2.24) is 20.0 Å². The zero-order valence-corrected chi connectivity index (χ0v) is 21.2. The molecule has 3 aromatic rings. The van der Waals surface area contributed by atoms with Gasteiger partial charge in [0.2, 0.25) is 5.91 Å². The number of carbonyl (C=O) groups excluding carboxylic acids is 1. The highest BCUT2D eigenvalue weighted by Gasteiger charge is 2.23. The van der Waals surface area contributed by atoms with Gasteiger partial charge in [-0.15, -0.1) is 0 Å². The van der Waals surface area contributed by atoms with Crippen molar-refractivity contribution in [3.05, 3.63) is 77.6 Å². The molecular weight excluding hydrogens is 436 g/mol. The standard InChI is InChI=1S/C29H38N4O2/c1-4-35-28-13-9-8-12-27(28)23-14-16-32(17-15-23)21-30-29(34)20-24-19-26(18-22(2)3)33(31-24)25-10-6-5-7-11-25/h5-13,19,22-23H,4,14-18,20-21H2,1-3H3,(H,30,34). The Hall–Kier alpha value is -3.12. The van der Waals surface area contributed by atoms with Gasteiger partial charge < -0.3 is 10.1 Å². The fraction of sp³-hybridized carbons (Fsp3) is 0.448. The normalized spacial score (nSPS) is 14.9. The smallest absolute Gasteiger partial charge is 0.227 e. The molecule has 1 aliphatic rings. The molecule has 4 rings (SSSR count). The molecule has 0 atom stereocenters. The van der Waals surface area contributed by atoms with Crippen LogP contribution >= 0.6 is 0 Å². The van der Waals surface area contributed by atoms with Crippen molar-refractivity contribution in [2.45, 2.75) is 52.4 Å². The summed E-state index contributed by atoms with van der Waals surface area (Å²) in [4.78, 5) is 15.1. The van der Waals surface area contributed by atoms with Crippen molar-refractivity contribution >= 4 is 5.91 Å². The average molecular weight is 475 g/mol. The maximum absolute atomic E-state index is 12.7. The van der Waals surface area contributed by atoms with Crippen molar-refractivity contribution in [3.8, 4) is 11.4 Å². The predicted molar refractivity (Wildman–Crippen MR) is 140 cm³/mol. The van der Waals surface area contributed by atoms with Crippen molar-refractivity contribution in [2.24, 2.45) is 5.92 Å². The van der Waals surface area contributed by atoms with E-state index in [1.807, 2.05) is 35.9 Å². The maximum atomic E-state index is 12.7. The van der Waals surface area contributed by atoms with Gasteiger partial charge in [-0.3, -0.25) is 9.69 Å². The van der Waals surface area contributed by atoms with Crippen LogP contribution in [0.25, 0.3) is 5.69 Å². The molecule has 1 aliphatic heterocycles. The van der Waals surface area contributed by atoms with Crippen LogP contribution in [-0.4, -0.2) is 47.0 Å². The van der Waals surface area contributed by atoms with E-state index in [9.17, 15) is 4.79 Å². The first kappa shape index (κ1) is 25.0. The van der Waals surface area contributed by atoms with Crippen molar-refractivity contribution in [1.29, 1.82) is 0 Å². The Morgan fingerprint density at radius 3 is 2.51 bits per heavy atom. The van der Waals surface area contributed by atoms with Gasteiger partial charge in [0, 0.05) is 18.8 Å². The number of para-hydroxylation sites is 2. The fourth-order valence-electron chi connectivity index (χ4n) is 4.85. The third-order valence-electron chi connectivity index (χ3n) is 6.54. The molecule has 0 bridgehead atoms. The number of likely N-dealkylation sites (tertiary alicyclic amines) is 1. The van der Waals surface area contributed by atoms with Crippen LogP contribution in [0.2, 0.25) is 0 Å². The second kappa shape index (κ2) is 12.0. The Kier molecular flexibility index (Phi) is 8.59. The molecule has 2 aromatic carbocycles. The second-order valence-corrected chi connectivity index (χ2v) is 9.77. The van der Waals surface area contributed by atoms with Gasteiger partial charge in [-0.25, -0.2) is 4.68 Å². The molecule has 0 aliphatic carbocycles. The SMILES string of the molecule is CCOc1ccccc1C1CCN(CNC(=O)Cc2cc(CC(C)C)n(-c3ccccc3)n2)CC1. The summed E-state index contributed by atoms with van der Waals surface area (Å²) >= 11 is 0. The molecule has 0 spiro atoms. The largest absolute Gasteiger partial charge is 0.494 e. The zero-order valence-electron chi connectivity index (χ0n) is 21.2. The summed E-state index contributed by atoms with van der Waals surface area (Å²) in [5, 5.41) is 7.87. The molecule has 1 fully saturated rings. The summed E-state index contributed by atoms with van der Waals surface area (Å²) in [6, 6.07) is 20.6. The monoisotopic (exact) mass is 474 g/mol. The van der Waals surface area contributed by atoms with Gasteiger partial charge in [-0.1, -0.05) is 50.2 Å². The minimum Gasteiger partial charge on any atom is -0.494 e. The Balaban J connectivity index is 1.30. The molecule has 2 heterocycles. The van der Waals surface area contributed by atoms with Gasteiger partial charge in [0.1, 0.15) is 5.75 Å². The van der Waals surface area contributed by atoms with Gasteiger partial charge in [-0.05, 0) is 67.9 Å². The van der Waals surface area contributed by atoms with Crippen molar-refractivity contribution in [3.63, 3.8) is 0 Å². The van der Waals surface area contributed by atoms with Crippen LogP contribution < -0.4 is 10.1 Å². The van der Waals surface area contributed by atoms with Crippen molar-refractivity contribution in [2.75, 3.05) is 26.4 Å². The van der Waals surface area contributed by atoms with E-state index in [4.69, 9.17) is 9.84 Å². The predicted octanol–water partition coefficient (Wildman–Crippen LogP) is 4.97. The molecular formula is C29H38N4O2. The van der Waals surface area contributed by atoms with E-state index in [0.717, 1.165) is 55.2 Å². The van der Waals surface area contributed by atoms with E-state index in [-0.39, 0.29) is 5.91 Å². The van der Waals surface area contributed by atoms with Gasteiger partial charge in [-0.2, -0.15) is 5.10 Å². The lowest BCUT2D eigenvalue weighted by atomic mass is 9.89. The number of ether oxygens (including phenoxy) is 1. The van der Waals surface area contributed by atoms with Gasteiger partial charge in [0.25, 0.3) is 0 Å². The highest BCUT2D eigenvalue weighted by atomic mass is 16.5. The minimum absolute atomic E-state index is 0.0163. The molecule has 0 unspecified atom stereocenters. The Bertz CT molecular complexity index is 1090. The number of hydrogen-bond donors (Lipinski definition) is 1. The van der Waals surface area contributed by atoms with Crippen LogP contribution in [0.3, 0.4) is 0 Å². The van der Waals surface area contributed by atoms with Crippen molar-refractivity contribution < 1.29 is 9.53 Å². The summed E-state index contributed by atoms with van der Waals surface area (Å²) in [5.41, 5.74) is 4.30. The fourth-order valence-corrected chi connectivity index (χ4v) is 4.85. The molecule has 186 valence electrons. The van der Waals surface area contributed by atoms with Gasteiger partial charge in [0.05, 0.1) is 31.1 Å². The van der Waals surface area contributed by atoms with Crippen LogP contribution in [0.5, 0.6) is 5.75 Å². The van der Waals surface area contributed by atoms with E-state index >= 15 is 0 Å². The first-order valence-electron chi connectivity index (χ1n) is 12.9. The molecule has 35 heavy (non-hydrogen) atoms. The highest BCUT2D eigenvalue weighted by Crippen LogP contribution is 2.34. The lowest BCUT2D eigenvalue weighted by Crippen LogP contribution is -2.42. The van der Waals surface area contributed by atoms with E-state index in [1.165, 1.54) is 5.56 Å². The molecule has 1 saturated heterocycles. The summed E-state index contributed by atoms with van der Waals surface area (Å²) in [6.07, 6.45) is 3.36. The number of nitrogens with one attached hydrogen (secondary N) is 1. The van der Waals surface area contributed by atoms with Crippen LogP contribution in [-0.2, 0) is 17.6 Å². The molecule has 1 N–H and O–H groups in total. The van der Waals surface area contributed by atoms with Crippen LogP contribution in [0.1, 0.15) is 56.5 Å². The molecule has 0 radical (unpaired) electrons. The molecule has 0 saturated carbocycles. The van der Waals surface area contributed by atoms with E-state index in [0.29, 0.717) is 31.5 Å². The quantitative estimate of drug-likeness (QED) is 0.451. The highest BCUT2D eigenvalue weighted by molar-refractivity contribution is 5.78. The molecule has 6 heteroatoms. The lowest BCUT2D eigenvalue weighted by molar-refractivity contribution is -0.121. The summed E-state index contributed by atoms with van der Waals surface area (Å²) in [7, 11) is 0. The topological polar surface area (TPSA) is 59.4 Å². The molecule has 1 amide bonds. The molecule has 6 nitrogen and oxygen atoms in total. The summed E-state index contributed by atoms with van der Waals surface area (Å²) in [5.74, 6) is 2.04. The Morgan fingerprint density at radius 2 is 1.80 bits per heavy atom. The Morgan fingerprint density at radius 1 is 1.09 bits per heavy atom. The van der Waals surface area contributed by atoms with Crippen LogP contribution in [0.15, 0.2) is 60.7 Å². The third kappa shape index (κ3) is 6.73. The number of hydrogen-bond acceptors (Lipinski definition) is 4. The number of carbonyl (C=O) groups is 1. The number of benzene rings is 2. The first-order valence-corrected chi connectivity index (χ1v) is 12.9. The van der Waals surface area contributed by atoms with Gasteiger partial charge >= 0.3 is 0 Å². The third-order valence-corrected chi connectivity index (χ3v) is 6.54. The maximum Gasteiger partial charge on any atom is 0.227 e. The lowest BCUT2D eigenvalue weighted by Gasteiger charge is -2.32. The van der Waals surface area contributed by atoms with Gasteiger partial charge in [0.15, 0.2) is 0 Å². The van der Waals surface area contributed by atoms with E-state index in [1.54, 1.807) is 0 Å². The summed E-state index contributed by atoms with van der Waals surface area (Å²) < 4.78 is 7.81. The average Bonchev–Trinajstić information content (AvgIpc) is 3.25. The van der Waals surface area contributed by atoms with E-state index < -0.39 is 0 Å². The number of nitrogens with zero attached hydrogens (tertiary/aromatic N) is 3. The number of rotatable bonds is 10. The number of amides is 1. The number of aromatic nitrogens is 2. The van der Waals surface area contributed by atoms with Crippen LogP contribution in [0, 0.1) is 5.92 Å². The molecule has 1 aromatic heterocycles. The summed E-state index contributed by atoms with van der Waals surface area (Å²) in [6.45, 7) is 9.63. The van der Waals surface area contributed by atoms with Crippen LogP contribution in [0.4, 0.5) is 0 Å². The first-order chi connectivity index (χ1) is 17.0. The minimum atomic E-state index is 0.0163. The zero-order chi connectivity index (χ0) is 24.6. The number of piperidine rings is 1.